The van der Waals surface area contributed by atoms with Crippen molar-refractivity contribution in [2.75, 3.05) is 19.4 Å². The Morgan fingerprint density at radius 2 is 1.58 bits per heavy atom. The zero-order valence-electron chi connectivity index (χ0n) is 18.0. The second-order valence-corrected chi connectivity index (χ2v) is 11.8. The molecular weight excluding hydrogens is 464 g/mol. The molecule has 1 N–H and O–H groups in total. The number of amides is 1. The van der Waals surface area contributed by atoms with Crippen LogP contribution in [0.25, 0.3) is 0 Å². The minimum Gasteiger partial charge on any atom is -0.322 e. The highest BCUT2D eigenvalue weighted by Gasteiger charge is 2.35. The molecule has 0 fully saturated rings. The third-order valence-electron chi connectivity index (χ3n) is 5.40. The summed E-state index contributed by atoms with van der Waals surface area (Å²) in [5.74, 6) is -1.07. The fraction of sp³-hybridized carbons (Fsp3) is 0.130. The fourth-order valence-corrected chi connectivity index (χ4v) is 6.40. The van der Waals surface area contributed by atoms with Crippen molar-refractivity contribution in [1.29, 1.82) is 0 Å². The van der Waals surface area contributed by atoms with Crippen LogP contribution in [0.3, 0.4) is 0 Å². The molecule has 1 amide bonds. The maximum Gasteiger partial charge on any atom is 0.255 e. The van der Waals surface area contributed by atoms with Crippen molar-refractivity contribution in [2.45, 2.75) is 21.6 Å². The smallest absolute Gasteiger partial charge is 0.255 e. The maximum absolute atomic E-state index is 13.1. The van der Waals surface area contributed by atoms with Gasteiger partial charge in [0.1, 0.15) is 0 Å². The third-order valence-corrected chi connectivity index (χ3v) is 9.21. The van der Waals surface area contributed by atoms with Gasteiger partial charge in [0.15, 0.2) is 5.78 Å². The Labute approximate surface area is 191 Å². The minimum absolute atomic E-state index is 0.0000477. The lowest BCUT2D eigenvalue weighted by Gasteiger charge is -2.19. The lowest BCUT2D eigenvalue weighted by molar-refractivity contribution is 0.101. The van der Waals surface area contributed by atoms with Crippen LogP contribution in [0.5, 0.6) is 0 Å². The molecule has 0 spiro atoms. The SMILES string of the molecule is Cc1ccc(NC(=O)c2ccc3c(c2)S(=O)(=O)c2ccccc2C3=O)cc1S(=O)(=O)N(C)C. The lowest BCUT2D eigenvalue weighted by atomic mass is 10.0. The summed E-state index contributed by atoms with van der Waals surface area (Å²) in [4.78, 5) is 25.3. The molecule has 0 saturated carbocycles. The van der Waals surface area contributed by atoms with E-state index in [1.807, 2.05) is 0 Å². The molecule has 0 saturated heterocycles. The predicted octanol–water partition coefficient (Wildman–Crippen LogP) is 2.87. The van der Waals surface area contributed by atoms with Gasteiger partial charge in [0, 0.05) is 36.5 Å². The first kappa shape index (κ1) is 22.8. The van der Waals surface area contributed by atoms with E-state index in [0.29, 0.717) is 5.56 Å². The predicted molar refractivity (Wildman–Crippen MR) is 122 cm³/mol. The van der Waals surface area contributed by atoms with Crippen LogP contribution in [-0.4, -0.2) is 46.9 Å². The largest absolute Gasteiger partial charge is 0.322 e. The van der Waals surface area contributed by atoms with Gasteiger partial charge in [0.2, 0.25) is 19.9 Å². The molecule has 3 aromatic rings. The van der Waals surface area contributed by atoms with Crippen molar-refractivity contribution in [1.82, 2.24) is 4.31 Å². The molecule has 33 heavy (non-hydrogen) atoms. The number of rotatable bonds is 4. The lowest BCUT2D eigenvalue weighted by Crippen LogP contribution is -2.23. The highest BCUT2D eigenvalue weighted by molar-refractivity contribution is 7.91. The Morgan fingerprint density at radius 1 is 0.909 bits per heavy atom. The van der Waals surface area contributed by atoms with Gasteiger partial charge >= 0.3 is 0 Å². The van der Waals surface area contributed by atoms with Crippen molar-refractivity contribution in [3.05, 3.63) is 82.9 Å². The van der Waals surface area contributed by atoms with E-state index >= 15 is 0 Å². The zero-order valence-corrected chi connectivity index (χ0v) is 19.6. The van der Waals surface area contributed by atoms with Gasteiger partial charge in [-0.2, -0.15) is 0 Å². The average molecular weight is 485 g/mol. The Kier molecular flexibility index (Phi) is 5.47. The summed E-state index contributed by atoms with van der Waals surface area (Å²) in [5.41, 5.74) is 0.852. The normalized spacial score (nSPS) is 14.5. The monoisotopic (exact) mass is 484 g/mol. The molecule has 8 nitrogen and oxygen atoms in total. The summed E-state index contributed by atoms with van der Waals surface area (Å²) in [5, 5.41) is 2.60. The Morgan fingerprint density at radius 3 is 2.27 bits per heavy atom. The van der Waals surface area contributed by atoms with E-state index in [1.165, 1.54) is 56.6 Å². The molecule has 1 aliphatic rings. The van der Waals surface area contributed by atoms with Gasteiger partial charge < -0.3 is 5.32 Å². The van der Waals surface area contributed by atoms with E-state index < -0.39 is 31.6 Å². The van der Waals surface area contributed by atoms with Crippen LogP contribution in [0.2, 0.25) is 0 Å². The topological polar surface area (TPSA) is 118 Å². The molecule has 0 aliphatic carbocycles. The first-order chi connectivity index (χ1) is 15.4. The summed E-state index contributed by atoms with van der Waals surface area (Å²) in [6.07, 6.45) is 0. The van der Waals surface area contributed by atoms with Crippen LogP contribution in [0.1, 0.15) is 31.8 Å². The molecule has 0 radical (unpaired) electrons. The van der Waals surface area contributed by atoms with Gasteiger partial charge in [-0.25, -0.2) is 21.1 Å². The van der Waals surface area contributed by atoms with Gasteiger partial charge in [-0.3, -0.25) is 9.59 Å². The molecule has 0 aromatic heterocycles. The molecule has 1 aliphatic heterocycles. The van der Waals surface area contributed by atoms with E-state index in [0.717, 1.165) is 4.31 Å². The number of carbonyl (C=O) groups is 2. The van der Waals surface area contributed by atoms with Crippen LogP contribution in [0, 0.1) is 6.92 Å². The zero-order chi connectivity index (χ0) is 24.1. The first-order valence-electron chi connectivity index (χ1n) is 9.82. The van der Waals surface area contributed by atoms with Crippen molar-refractivity contribution in [2.24, 2.45) is 0 Å². The van der Waals surface area contributed by atoms with E-state index in [9.17, 15) is 26.4 Å². The van der Waals surface area contributed by atoms with Crippen LogP contribution in [0.15, 0.2) is 75.4 Å². The molecule has 4 rings (SSSR count). The molecule has 0 atom stereocenters. The second-order valence-electron chi connectivity index (χ2n) is 7.76. The number of carbonyl (C=O) groups excluding carboxylic acids is 2. The van der Waals surface area contributed by atoms with Crippen molar-refractivity contribution in [3.8, 4) is 0 Å². The number of ketones is 1. The van der Waals surface area contributed by atoms with E-state index in [-0.39, 0.29) is 37.1 Å². The van der Waals surface area contributed by atoms with Crippen LogP contribution in [-0.2, 0) is 19.9 Å². The molecular formula is C23H20N2O6S2. The average Bonchev–Trinajstić information content (AvgIpc) is 2.78. The molecule has 0 unspecified atom stereocenters. The number of nitrogens with zero attached hydrogens (tertiary/aromatic N) is 1. The van der Waals surface area contributed by atoms with Gasteiger partial charge in [-0.1, -0.05) is 18.2 Å². The number of sulfonamides is 1. The number of nitrogens with one attached hydrogen (secondary N) is 1. The molecule has 10 heteroatoms. The summed E-state index contributed by atoms with van der Waals surface area (Å²) >= 11 is 0. The third kappa shape index (κ3) is 3.75. The number of hydrogen-bond donors (Lipinski definition) is 1. The van der Waals surface area contributed by atoms with Gasteiger partial charge in [-0.15, -0.1) is 0 Å². The molecule has 3 aromatic carbocycles. The number of aryl methyl sites for hydroxylation is 1. The van der Waals surface area contributed by atoms with Crippen LogP contribution >= 0.6 is 0 Å². The van der Waals surface area contributed by atoms with Crippen LogP contribution < -0.4 is 5.32 Å². The Bertz CT molecular complexity index is 1540. The summed E-state index contributed by atoms with van der Waals surface area (Å²) in [6, 6.07) is 14.2. The molecule has 170 valence electrons. The molecule has 1 heterocycles. The van der Waals surface area contributed by atoms with E-state index in [4.69, 9.17) is 0 Å². The number of benzene rings is 3. The quantitative estimate of drug-likeness (QED) is 0.476. The van der Waals surface area contributed by atoms with Gasteiger partial charge in [0.05, 0.1) is 14.7 Å². The van der Waals surface area contributed by atoms with E-state index in [1.54, 1.807) is 25.1 Å². The number of hydrogen-bond acceptors (Lipinski definition) is 6. The Hall–Kier alpha value is -3.34. The first-order valence-corrected chi connectivity index (χ1v) is 12.7. The number of sulfone groups is 1. The van der Waals surface area contributed by atoms with Gasteiger partial charge in [-0.05, 0) is 55.0 Å². The highest BCUT2D eigenvalue weighted by atomic mass is 32.2. The highest BCUT2D eigenvalue weighted by Crippen LogP contribution is 2.35. The number of anilines is 1. The summed E-state index contributed by atoms with van der Waals surface area (Å²) in [6.45, 7) is 1.64. The standard InChI is InChI=1S/C23H20N2O6S2/c1-14-8-10-16(13-20(14)33(30,31)25(2)3)24-23(27)15-9-11-18-21(12-15)32(28,29)19-7-5-4-6-17(19)22(18)26/h4-13H,1-3H3,(H,24,27). The maximum atomic E-state index is 13.1. The minimum atomic E-state index is -3.99. The van der Waals surface area contributed by atoms with E-state index in [2.05, 4.69) is 5.32 Å². The van der Waals surface area contributed by atoms with Crippen LogP contribution in [0.4, 0.5) is 5.69 Å². The second kappa shape index (κ2) is 7.91. The summed E-state index contributed by atoms with van der Waals surface area (Å²) in [7, 11) is -4.90. The molecule has 0 bridgehead atoms. The Balaban J connectivity index is 1.71. The fourth-order valence-electron chi connectivity index (χ4n) is 3.58. The van der Waals surface area contributed by atoms with Gasteiger partial charge in [0.25, 0.3) is 5.91 Å². The number of fused-ring (bicyclic) bond motifs is 2. The van der Waals surface area contributed by atoms with Crippen molar-refractivity contribution < 1.29 is 26.4 Å². The van der Waals surface area contributed by atoms with Crippen molar-refractivity contribution >= 4 is 37.2 Å². The summed E-state index contributed by atoms with van der Waals surface area (Å²) < 4.78 is 52.3. The van der Waals surface area contributed by atoms with Crippen molar-refractivity contribution in [3.63, 3.8) is 0 Å².